The van der Waals surface area contributed by atoms with E-state index >= 15 is 0 Å². The van der Waals surface area contributed by atoms with E-state index in [2.05, 4.69) is 83.4 Å². The number of halogens is 3. The van der Waals surface area contributed by atoms with E-state index in [1.54, 1.807) is 4.90 Å². The van der Waals surface area contributed by atoms with Crippen LogP contribution in [0, 0.1) is 0 Å². The zero-order valence-electron chi connectivity index (χ0n) is 20.1. The van der Waals surface area contributed by atoms with E-state index in [4.69, 9.17) is 4.74 Å². The zero-order valence-corrected chi connectivity index (χ0v) is 24.1. The molecule has 4 rings (SSSR count). The first kappa shape index (κ1) is 28.8. The van der Waals surface area contributed by atoms with Gasteiger partial charge in [0.05, 0.1) is 0 Å². The molecule has 0 bridgehead atoms. The summed E-state index contributed by atoms with van der Waals surface area (Å²) in [5, 5.41) is 3.34. The van der Waals surface area contributed by atoms with Crippen LogP contribution < -0.4 is 15.1 Å². The fourth-order valence-electron chi connectivity index (χ4n) is 3.70. The minimum atomic E-state index is -0.431. The van der Waals surface area contributed by atoms with Gasteiger partial charge in [-0.2, -0.15) is 0 Å². The van der Waals surface area contributed by atoms with Crippen molar-refractivity contribution in [1.82, 2.24) is 10.2 Å². The first-order valence-corrected chi connectivity index (χ1v) is 13.0. The molecule has 0 unspecified atom stereocenters. The van der Waals surface area contributed by atoms with E-state index in [-0.39, 0.29) is 18.5 Å². The Morgan fingerprint density at radius 1 is 0.765 bits per heavy atom. The lowest BCUT2D eigenvalue weighted by molar-refractivity contribution is 0.0240. The third-order valence-corrected chi connectivity index (χ3v) is 6.49. The Hall–Kier alpha value is -1.48. The van der Waals surface area contributed by atoms with Crippen LogP contribution in [-0.4, -0.2) is 69.0 Å². The number of carbonyl (C=O) groups excluding carboxylic acids is 1. The van der Waals surface area contributed by atoms with E-state index in [0.29, 0.717) is 13.1 Å². The van der Waals surface area contributed by atoms with Gasteiger partial charge < -0.3 is 24.8 Å². The van der Waals surface area contributed by atoms with Crippen LogP contribution in [0.2, 0.25) is 0 Å². The number of nitrogens with one attached hydrogen (secondary N) is 1. The number of anilines is 2. The summed E-state index contributed by atoms with van der Waals surface area (Å²) in [4.78, 5) is 18.4. The summed E-state index contributed by atoms with van der Waals surface area (Å²) in [7, 11) is 0. The van der Waals surface area contributed by atoms with Crippen LogP contribution in [0.5, 0.6) is 0 Å². The van der Waals surface area contributed by atoms with Gasteiger partial charge in [0.15, 0.2) is 0 Å². The number of rotatable bonds is 2. The molecule has 0 aliphatic carbocycles. The molecule has 2 fully saturated rings. The summed E-state index contributed by atoms with van der Waals surface area (Å²) in [6.07, 6.45) is -0.215. The molecule has 9 heteroatoms. The van der Waals surface area contributed by atoms with Crippen molar-refractivity contribution in [2.24, 2.45) is 0 Å². The maximum atomic E-state index is 12.0. The van der Waals surface area contributed by atoms with Crippen LogP contribution in [0.25, 0.3) is 0 Å². The van der Waals surface area contributed by atoms with Gasteiger partial charge in [-0.1, -0.05) is 31.9 Å². The van der Waals surface area contributed by atoms with Crippen molar-refractivity contribution in [1.29, 1.82) is 0 Å². The molecule has 0 radical (unpaired) electrons. The number of piperazine rings is 2. The minimum Gasteiger partial charge on any atom is -0.444 e. The van der Waals surface area contributed by atoms with Crippen LogP contribution in [0.4, 0.5) is 16.2 Å². The molecule has 188 valence electrons. The molecule has 0 saturated carbocycles. The number of hydrogen-bond acceptors (Lipinski definition) is 5. The highest BCUT2D eigenvalue weighted by molar-refractivity contribution is 9.10. The lowest BCUT2D eigenvalue weighted by Gasteiger charge is -2.36. The number of benzene rings is 2. The van der Waals surface area contributed by atoms with E-state index < -0.39 is 5.60 Å². The Labute approximate surface area is 226 Å². The monoisotopic (exact) mass is 616 g/mol. The number of nitrogens with zero attached hydrogens (tertiary/aromatic N) is 3. The van der Waals surface area contributed by atoms with Gasteiger partial charge in [-0.05, 0) is 69.3 Å². The highest BCUT2D eigenvalue weighted by Gasteiger charge is 2.25. The minimum absolute atomic E-state index is 0. The van der Waals surface area contributed by atoms with Crippen LogP contribution in [0.3, 0.4) is 0 Å². The number of hydrogen-bond donors (Lipinski definition) is 1. The van der Waals surface area contributed by atoms with Gasteiger partial charge in [-0.15, -0.1) is 12.4 Å². The van der Waals surface area contributed by atoms with Crippen molar-refractivity contribution in [3.8, 4) is 0 Å². The third kappa shape index (κ3) is 9.29. The number of amides is 1. The fraction of sp³-hybridized carbons (Fsp3) is 0.480. The van der Waals surface area contributed by atoms with Gasteiger partial charge in [-0.25, -0.2) is 4.79 Å². The van der Waals surface area contributed by atoms with Crippen LogP contribution in [0.1, 0.15) is 20.8 Å². The third-order valence-electron chi connectivity index (χ3n) is 5.43. The van der Waals surface area contributed by atoms with E-state index in [1.165, 1.54) is 11.4 Å². The van der Waals surface area contributed by atoms with Crippen molar-refractivity contribution < 1.29 is 9.53 Å². The molecule has 0 aromatic heterocycles. The molecule has 2 heterocycles. The molecule has 2 saturated heterocycles. The first-order valence-electron chi connectivity index (χ1n) is 11.4. The summed E-state index contributed by atoms with van der Waals surface area (Å²) >= 11 is 6.88. The van der Waals surface area contributed by atoms with E-state index in [0.717, 1.165) is 48.2 Å². The maximum absolute atomic E-state index is 12.0. The van der Waals surface area contributed by atoms with Gasteiger partial charge in [0.2, 0.25) is 0 Å². The number of carbonyl (C=O) groups is 1. The zero-order chi connectivity index (χ0) is 23.8. The summed E-state index contributed by atoms with van der Waals surface area (Å²) < 4.78 is 7.62. The summed E-state index contributed by atoms with van der Waals surface area (Å²) in [6, 6.07) is 16.8. The summed E-state index contributed by atoms with van der Waals surface area (Å²) in [6.45, 7) is 13.2. The standard InChI is InChI=1S/C15H21BrN2O2.C10H13BrN2.ClH/c1-15(2,3)20-14(19)18-10-8-17(9-11-18)13-6-4-12(16)5-7-13;11-9-1-3-10(4-2-9)13-7-5-12-6-8-13;/h4-7H,8-11H2,1-3H3;1-4,12H,5-8H2;1H. The molecule has 6 nitrogen and oxygen atoms in total. The number of ether oxygens (including phenoxy) is 1. The smallest absolute Gasteiger partial charge is 0.410 e. The van der Waals surface area contributed by atoms with Crippen LogP contribution in [-0.2, 0) is 4.74 Å². The predicted octanol–water partition coefficient (Wildman–Crippen LogP) is 5.79. The highest BCUT2D eigenvalue weighted by Crippen LogP contribution is 2.21. The van der Waals surface area contributed by atoms with Crippen molar-refractivity contribution >= 4 is 61.7 Å². The summed E-state index contributed by atoms with van der Waals surface area (Å²) in [5.41, 5.74) is 2.08. The molecule has 34 heavy (non-hydrogen) atoms. The SMILES string of the molecule is Brc1ccc(N2CCNCC2)cc1.CC(C)(C)OC(=O)N1CCN(c2ccc(Br)cc2)CC1.Cl. The first-order chi connectivity index (χ1) is 15.7. The molecule has 1 amide bonds. The topological polar surface area (TPSA) is 48.1 Å². The molecule has 1 N–H and O–H groups in total. The molecular formula is C25H35Br2ClN4O2. The molecule has 2 aromatic rings. The maximum Gasteiger partial charge on any atom is 0.410 e. The van der Waals surface area contributed by atoms with Gasteiger partial charge in [0.1, 0.15) is 5.60 Å². The largest absolute Gasteiger partial charge is 0.444 e. The molecule has 0 atom stereocenters. The lowest BCUT2D eigenvalue weighted by Crippen LogP contribution is -2.50. The Morgan fingerprint density at radius 2 is 1.18 bits per heavy atom. The highest BCUT2D eigenvalue weighted by atomic mass is 79.9. The Kier molecular flexibility index (Phi) is 11.5. The van der Waals surface area contributed by atoms with Gasteiger partial charge in [0, 0.05) is 72.7 Å². The van der Waals surface area contributed by atoms with Gasteiger partial charge >= 0.3 is 6.09 Å². The summed E-state index contributed by atoms with van der Waals surface area (Å²) in [5.74, 6) is 0. The Balaban J connectivity index is 0.000000253. The van der Waals surface area contributed by atoms with Crippen molar-refractivity contribution in [2.45, 2.75) is 26.4 Å². The van der Waals surface area contributed by atoms with E-state index in [1.807, 2.05) is 32.9 Å². The van der Waals surface area contributed by atoms with Crippen molar-refractivity contribution in [3.63, 3.8) is 0 Å². The second kappa shape index (κ2) is 13.6. The average molecular weight is 619 g/mol. The lowest BCUT2D eigenvalue weighted by atomic mass is 10.2. The molecule has 0 spiro atoms. The Morgan fingerprint density at radius 3 is 1.59 bits per heavy atom. The predicted molar refractivity (Wildman–Crippen MR) is 151 cm³/mol. The molecule has 2 aliphatic heterocycles. The molecular weight excluding hydrogens is 584 g/mol. The van der Waals surface area contributed by atoms with Gasteiger partial charge in [0.25, 0.3) is 0 Å². The van der Waals surface area contributed by atoms with Crippen LogP contribution >= 0.6 is 44.3 Å². The second-order valence-electron chi connectivity index (χ2n) is 9.14. The van der Waals surface area contributed by atoms with Crippen molar-refractivity contribution in [2.75, 3.05) is 62.2 Å². The van der Waals surface area contributed by atoms with Crippen LogP contribution in [0.15, 0.2) is 57.5 Å². The average Bonchev–Trinajstić information content (AvgIpc) is 2.80. The van der Waals surface area contributed by atoms with E-state index in [9.17, 15) is 4.79 Å². The molecule has 2 aliphatic rings. The second-order valence-corrected chi connectivity index (χ2v) is 11.0. The quantitative estimate of drug-likeness (QED) is 0.462. The normalized spacial score (nSPS) is 16.2. The fourth-order valence-corrected chi connectivity index (χ4v) is 4.23. The van der Waals surface area contributed by atoms with Crippen molar-refractivity contribution in [3.05, 3.63) is 57.5 Å². The van der Waals surface area contributed by atoms with Gasteiger partial charge in [-0.3, -0.25) is 0 Å². The molecule has 2 aromatic carbocycles. The Bertz CT molecular complexity index is 877.